The highest BCUT2D eigenvalue weighted by atomic mass is 16.2. The number of carbonyl (C=O) groups is 1. The molecule has 30 heavy (non-hydrogen) atoms. The van der Waals surface area contributed by atoms with Crippen LogP contribution in [0.2, 0.25) is 0 Å². The van der Waals surface area contributed by atoms with Crippen LogP contribution in [0.15, 0.2) is 35.3 Å². The van der Waals surface area contributed by atoms with Gasteiger partial charge in [0.25, 0.3) is 0 Å². The molecule has 0 radical (unpaired) electrons. The van der Waals surface area contributed by atoms with Crippen molar-refractivity contribution in [3.63, 3.8) is 0 Å². The van der Waals surface area contributed by atoms with E-state index in [-0.39, 0.29) is 5.91 Å². The van der Waals surface area contributed by atoms with Gasteiger partial charge in [0, 0.05) is 65.5 Å². The second kappa shape index (κ2) is 10.2. The second-order valence-corrected chi connectivity index (χ2v) is 7.67. The van der Waals surface area contributed by atoms with Gasteiger partial charge >= 0.3 is 0 Å². The lowest BCUT2D eigenvalue weighted by Crippen LogP contribution is -2.50. The Morgan fingerprint density at radius 1 is 1.13 bits per heavy atom. The first-order chi connectivity index (χ1) is 14.5. The fourth-order valence-corrected chi connectivity index (χ4v) is 3.76. The largest absolute Gasteiger partial charge is 0.355 e. The average Bonchev–Trinajstić information content (AvgIpc) is 3.08. The van der Waals surface area contributed by atoms with E-state index in [9.17, 15) is 4.79 Å². The lowest BCUT2D eigenvalue weighted by atomic mass is 10.1. The number of nitrogens with one attached hydrogen (secondary N) is 2. The van der Waals surface area contributed by atoms with Crippen molar-refractivity contribution < 1.29 is 4.79 Å². The minimum Gasteiger partial charge on any atom is -0.355 e. The Morgan fingerprint density at radius 2 is 1.87 bits per heavy atom. The number of aromatic nitrogens is 2. The third-order valence-electron chi connectivity index (χ3n) is 5.44. The van der Waals surface area contributed by atoms with Gasteiger partial charge in [0.2, 0.25) is 5.91 Å². The summed E-state index contributed by atoms with van der Waals surface area (Å²) >= 11 is 0. The number of aryl methyl sites for hydroxylation is 2. The molecule has 1 aromatic heterocycles. The van der Waals surface area contributed by atoms with Crippen molar-refractivity contribution in [3.8, 4) is 5.69 Å². The van der Waals surface area contributed by atoms with Crippen molar-refractivity contribution in [1.29, 1.82) is 0 Å². The second-order valence-electron chi connectivity index (χ2n) is 7.67. The van der Waals surface area contributed by atoms with Crippen LogP contribution in [0.3, 0.4) is 0 Å². The van der Waals surface area contributed by atoms with E-state index in [0.29, 0.717) is 6.54 Å². The molecule has 2 N–H and O–H groups in total. The molecule has 0 spiro atoms. The number of aliphatic imine (C=N–C) groups is 1. The third kappa shape index (κ3) is 5.60. The zero-order valence-electron chi connectivity index (χ0n) is 18.5. The van der Waals surface area contributed by atoms with Gasteiger partial charge < -0.3 is 15.5 Å². The molecule has 1 aromatic carbocycles. The van der Waals surface area contributed by atoms with E-state index < -0.39 is 0 Å². The van der Waals surface area contributed by atoms with E-state index in [1.165, 1.54) is 0 Å². The number of piperazine rings is 1. The summed E-state index contributed by atoms with van der Waals surface area (Å²) in [7, 11) is 1.79. The first kappa shape index (κ1) is 21.8. The van der Waals surface area contributed by atoms with Gasteiger partial charge in [-0.1, -0.05) is 18.2 Å². The van der Waals surface area contributed by atoms with Crippen molar-refractivity contribution >= 4 is 11.9 Å². The van der Waals surface area contributed by atoms with Gasteiger partial charge in [-0.25, -0.2) is 4.68 Å². The van der Waals surface area contributed by atoms with Crippen molar-refractivity contribution in [2.24, 2.45) is 4.99 Å². The van der Waals surface area contributed by atoms with Crippen LogP contribution in [0.4, 0.5) is 0 Å². The quantitative estimate of drug-likeness (QED) is 0.554. The van der Waals surface area contributed by atoms with Crippen LogP contribution in [0.5, 0.6) is 0 Å². The van der Waals surface area contributed by atoms with Gasteiger partial charge in [0.1, 0.15) is 0 Å². The normalized spacial score (nSPS) is 15.3. The van der Waals surface area contributed by atoms with Gasteiger partial charge in [-0.2, -0.15) is 5.10 Å². The van der Waals surface area contributed by atoms with E-state index in [2.05, 4.69) is 50.7 Å². The number of para-hydroxylation sites is 1. The molecule has 162 valence electrons. The Morgan fingerprint density at radius 3 is 2.50 bits per heavy atom. The van der Waals surface area contributed by atoms with Crippen molar-refractivity contribution in [1.82, 2.24) is 30.2 Å². The monoisotopic (exact) mass is 411 g/mol. The van der Waals surface area contributed by atoms with E-state index in [4.69, 9.17) is 0 Å². The van der Waals surface area contributed by atoms with Crippen LogP contribution in [-0.2, 0) is 11.3 Å². The van der Waals surface area contributed by atoms with Crippen LogP contribution in [0.1, 0.15) is 23.9 Å². The summed E-state index contributed by atoms with van der Waals surface area (Å²) in [6, 6.07) is 10.4. The Kier molecular flexibility index (Phi) is 7.46. The number of hydrogen-bond donors (Lipinski definition) is 2. The van der Waals surface area contributed by atoms with E-state index in [1.807, 2.05) is 28.6 Å². The number of nitrogens with zero attached hydrogens (tertiary/aromatic N) is 5. The number of guanidine groups is 1. The van der Waals surface area contributed by atoms with E-state index in [0.717, 1.165) is 67.9 Å². The van der Waals surface area contributed by atoms with Gasteiger partial charge in [-0.15, -0.1) is 0 Å². The molecule has 1 aliphatic rings. The molecular formula is C22H33N7O. The topological polar surface area (TPSA) is 77.8 Å². The molecule has 0 bridgehead atoms. The van der Waals surface area contributed by atoms with Gasteiger partial charge in [-0.3, -0.25) is 14.7 Å². The SMILES string of the molecule is CN=C(NCCN1CCN(C(C)=O)CC1)NCc1ccccc1-n1nc(C)cc1C. The molecule has 1 amide bonds. The zero-order valence-corrected chi connectivity index (χ0v) is 18.5. The Hall–Kier alpha value is -2.87. The molecule has 8 heteroatoms. The van der Waals surface area contributed by atoms with Crippen molar-refractivity contribution in [2.45, 2.75) is 27.3 Å². The van der Waals surface area contributed by atoms with Crippen LogP contribution >= 0.6 is 0 Å². The number of hydrogen-bond acceptors (Lipinski definition) is 4. The molecule has 0 atom stereocenters. The molecule has 1 aliphatic heterocycles. The Labute approximate surface area is 179 Å². The van der Waals surface area contributed by atoms with Crippen LogP contribution in [0.25, 0.3) is 5.69 Å². The van der Waals surface area contributed by atoms with Gasteiger partial charge in [0.05, 0.1) is 11.4 Å². The number of amides is 1. The molecule has 0 saturated carbocycles. The lowest BCUT2D eigenvalue weighted by molar-refractivity contribution is -0.130. The summed E-state index contributed by atoms with van der Waals surface area (Å²) in [5.74, 6) is 0.943. The van der Waals surface area contributed by atoms with Gasteiger partial charge in [0.15, 0.2) is 5.96 Å². The highest BCUT2D eigenvalue weighted by molar-refractivity contribution is 5.79. The predicted octanol–water partition coefficient (Wildman–Crippen LogP) is 1.32. The van der Waals surface area contributed by atoms with Crippen molar-refractivity contribution in [2.75, 3.05) is 46.3 Å². The predicted molar refractivity (Wildman–Crippen MR) is 120 cm³/mol. The number of carbonyl (C=O) groups excluding carboxylic acids is 1. The fourth-order valence-electron chi connectivity index (χ4n) is 3.76. The maximum atomic E-state index is 11.4. The maximum Gasteiger partial charge on any atom is 0.219 e. The summed E-state index contributed by atoms with van der Waals surface area (Å²) in [4.78, 5) is 20.1. The summed E-state index contributed by atoms with van der Waals surface area (Å²) in [6.45, 7) is 11.6. The molecule has 1 fully saturated rings. The fraction of sp³-hybridized carbons (Fsp3) is 0.500. The molecule has 1 saturated heterocycles. The Balaban J connectivity index is 1.50. The highest BCUT2D eigenvalue weighted by Crippen LogP contribution is 2.16. The van der Waals surface area contributed by atoms with Crippen LogP contribution in [-0.4, -0.2) is 77.8 Å². The average molecular weight is 412 g/mol. The molecule has 0 aliphatic carbocycles. The molecular weight excluding hydrogens is 378 g/mol. The van der Waals surface area contributed by atoms with E-state index in [1.54, 1.807) is 14.0 Å². The molecule has 2 aromatic rings. The lowest BCUT2D eigenvalue weighted by Gasteiger charge is -2.34. The minimum absolute atomic E-state index is 0.165. The van der Waals surface area contributed by atoms with Gasteiger partial charge in [-0.05, 0) is 31.5 Å². The third-order valence-corrected chi connectivity index (χ3v) is 5.44. The summed E-state index contributed by atoms with van der Waals surface area (Å²) in [5, 5.41) is 11.4. The van der Waals surface area contributed by atoms with Crippen molar-refractivity contribution in [3.05, 3.63) is 47.3 Å². The molecule has 3 rings (SSSR count). The summed E-state index contributed by atoms with van der Waals surface area (Å²) in [5.41, 5.74) is 4.37. The van der Waals surface area contributed by atoms with Crippen LogP contribution in [0, 0.1) is 13.8 Å². The summed E-state index contributed by atoms with van der Waals surface area (Å²) < 4.78 is 1.99. The first-order valence-corrected chi connectivity index (χ1v) is 10.5. The zero-order chi connectivity index (χ0) is 21.5. The first-order valence-electron chi connectivity index (χ1n) is 10.5. The van der Waals surface area contributed by atoms with Crippen LogP contribution < -0.4 is 10.6 Å². The Bertz CT molecular complexity index is 881. The smallest absolute Gasteiger partial charge is 0.219 e. The summed E-state index contributed by atoms with van der Waals surface area (Å²) in [6.07, 6.45) is 0. The number of rotatable bonds is 6. The molecule has 8 nitrogen and oxygen atoms in total. The number of benzene rings is 1. The molecule has 0 unspecified atom stereocenters. The van der Waals surface area contributed by atoms with E-state index >= 15 is 0 Å². The minimum atomic E-state index is 0.165. The maximum absolute atomic E-state index is 11.4. The highest BCUT2D eigenvalue weighted by Gasteiger charge is 2.18. The molecule has 2 heterocycles. The standard InChI is InChI=1S/C22H33N7O/c1-17-15-18(2)29(26-17)21-8-6-5-7-20(21)16-25-22(23-4)24-9-10-27-11-13-28(14-12-27)19(3)30/h5-8,15H,9-14,16H2,1-4H3,(H2,23,24,25).